The third kappa shape index (κ3) is 3.46. The number of nitro benzene ring substituents is 1. The molecule has 0 spiro atoms. The van der Waals surface area contributed by atoms with Gasteiger partial charge in [0.2, 0.25) is 0 Å². The zero-order valence-corrected chi connectivity index (χ0v) is 13.8. The zero-order chi connectivity index (χ0) is 18.0. The van der Waals surface area contributed by atoms with Crippen molar-refractivity contribution in [1.29, 1.82) is 0 Å². The maximum Gasteiger partial charge on any atom is 0.269 e. The van der Waals surface area contributed by atoms with Crippen LogP contribution in [-0.2, 0) is 0 Å². The first-order valence-electron chi connectivity index (χ1n) is 8.02. The summed E-state index contributed by atoms with van der Waals surface area (Å²) in [5.41, 5.74) is 1.95. The second-order valence-corrected chi connectivity index (χ2v) is 6.05. The maximum absolute atomic E-state index is 12.7. The van der Waals surface area contributed by atoms with Crippen molar-refractivity contribution >= 4 is 23.0 Å². The second kappa shape index (κ2) is 6.90. The van der Waals surface area contributed by atoms with Crippen LogP contribution in [0, 0.1) is 10.1 Å². The third-order valence-corrected chi connectivity index (χ3v) is 4.38. The molecule has 0 radical (unpaired) electrons. The Kier molecular flexibility index (Phi) is 4.67. The number of carbonyl (C=O) groups excluding carboxylic acids is 1. The average molecular weight is 341 g/mol. The summed E-state index contributed by atoms with van der Waals surface area (Å²) in [7, 11) is 1.68. The fourth-order valence-electron chi connectivity index (χ4n) is 3.00. The predicted octanol–water partition coefficient (Wildman–Crippen LogP) is 2.44. The highest BCUT2D eigenvalue weighted by atomic mass is 16.6. The summed E-state index contributed by atoms with van der Waals surface area (Å²) in [6.45, 7) is 1.27. The van der Waals surface area contributed by atoms with Gasteiger partial charge in [-0.3, -0.25) is 14.9 Å². The van der Waals surface area contributed by atoms with Gasteiger partial charge in [-0.15, -0.1) is 0 Å². The number of benzene rings is 2. The summed E-state index contributed by atoms with van der Waals surface area (Å²) < 4.78 is 0. The Balaban J connectivity index is 1.86. The Hall–Kier alpha value is -2.93. The standard InChI is InChI=1S/C18H19N3O4/c1-19(18(23)13-6-8-14(9-7-13)21(24)25)16-4-2-3-5-17(16)20-11-10-15(22)12-20/h2-9,15,22H,10-12H2,1H3/t15-/m1/s1. The first kappa shape index (κ1) is 16.9. The smallest absolute Gasteiger partial charge is 0.269 e. The lowest BCUT2D eigenvalue weighted by molar-refractivity contribution is -0.384. The van der Waals surface area contributed by atoms with E-state index in [0.717, 1.165) is 17.9 Å². The third-order valence-electron chi connectivity index (χ3n) is 4.38. The Morgan fingerprint density at radius 3 is 2.52 bits per heavy atom. The van der Waals surface area contributed by atoms with Gasteiger partial charge >= 0.3 is 0 Å². The highest BCUT2D eigenvalue weighted by molar-refractivity contribution is 6.07. The summed E-state index contributed by atoms with van der Waals surface area (Å²) >= 11 is 0. The molecule has 7 nitrogen and oxygen atoms in total. The molecule has 1 aliphatic heterocycles. The summed E-state index contributed by atoms with van der Waals surface area (Å²) in [4.78, 5) is 26.6. The molecule has 25 heavy (non-hydrogen) atoms. The normalized spacial score (nSPS) is 16.7. The molecule has 2 aromatic carbocycles. The van der Waals surface area contributed by atoms with Crippen LogP contribution in [-0.4, -0.2) is 42.2 Å². The van der Waals surface area contributed by atoms with Crippen LogP contribution >= 0.6 is 0 Å². The van der Waals surface area contributed by atoms with Gasteiger partial charge in [0.15, 0.2) is 0 Å². The van der Waals surface area contributed by atoms with Crippen molar-refractivity contribution in [2.45, 2.75) is 12.5 Å². The molecule has 1 saturated heterocycles. The van der Waals surface area contributed by atoms with Gasteiger partial charge in [0.05, 0.1) is 22.4 Å². The number of hydrogen-bond acceptors (Lipinski definition) is 5. The summed E-state index contributed by atoms with van der Waals surface area (Å²) in [5, 5.41) is 20.5. The number of carbonyl (C=O) groups is 1. The number of amides is 1. The highest BCUT2D eigenvalue weighted by Crippen LogP contribution is 2.32. The van der Waals surface area contributed by atoms with E-state index in [2.05, 4.69) is 4.90 Å². The zero-order valence-electron chi connectivity index (χ0n) is 13.8. The second-order valence-electron chi connectivity index (χ2n) is 6.05. The number of non-ortho nitro benzene ring substituents is 1. The quantitative estimate of drug-likeness (QED) is 0.682. The molecular weight excluding hydrogens is 322 g/mol. The number of β-amino-alcohol motifs (C(OH)–C–C–N with tert-alkyl or cyclic N) is 1. The van der Waals surface area contributed by atoms with Crippen LogP contribution in [0.25, 0.3) is 0 Å². The van der Waals surface area contributed by atoms with Crippen molar-refractivity contribution < 1.29 is 14.8 Å². The average Bonchev–Trinajstić information content (AvgIpc) is 3.07. The molecule has 130 valence electrons. The molecule has 0 aromatic heterocycles. The minimum absolute atomic E-state index is 0.0503. The molecule has 1 atom stereocenters. The Labute approximate surface area is 145 Å². The summed E-state index contributed by atoms with van der Waals surface area (Å²) in [6.07, 6.45) is 0.345. The lowest BCUT2D eigenvalue weighted by Gasteiger charge is -2.26. The van der Waals surface area contributed by atoms with E-state index in [9.17, 15) is 20.0 Å². The van der Waals surface area contributed by atoms with Crippen LogP contribution in [0.5, 0.6) is 0 Å². The summed E-state index contributed by atoms with van der Waals surface area (Å²) in [6, 6.07) is 13.1. The van der Waals surface area contributed by atoms with Crippen molar-refractivity contribution in [3.63, 3.8) is 0 Å². The van der Waals surface area contributed by atoms with Crippen LogP contribution in [0.15, 0.2) is 48.5 Å². The number of aliphatic hydroxyl groups is 1. The number of nitro groups is 1. The molecule has 1 aliphatic rings. The van der Waals surface area contributed by atoms with Crippen molar-refractivity contribution in [2.75, 3.05) is 29.9 Å². The molecule has 0 unspecified atom stereocenters. The van der Waals surface area contributed by atoms with E-state index in [0.29, 0.717) is 18.5 Å². The highest BCUT2D eigenvalue weighted by Gasteiger charge is 2.25. The molecule has 1 amide bonds. The van der Waals surface area contributed by atoms with Crippen molar-refractivity contribution in [2.24, 2.45) is 0 Å². The van der Waals surface area contributed by atoms with E-state index in [-0.39, 0.29) is 17.7 Å². The number of rotatable bonds is 4. The van der Waals surface area contributed by atoms with Crippen LogP contribution < -0.4 is 9.80 Å². The molecule has 0 bridgehead atoms. The Morgan fingerprint density at radius 2 is 1.92 bits per heavy atom. The van der Waals surface area contributed by atoms with E-state index in [1.165, 1.54) is 29.2 Å². The van der Waals surface area contributed by atoms with E-state index in [1.807, 2.05) is 24.3 Å². The SMILES string of the molecule is CN(C(=O)c1ccc([N+](=O)[O-])cc1)c1ccccc1N1CC[C@@H](O)C1. The molecule has 7 heteroatoms. The molecular formula is C18H19N3O4. The minimum Gasteiger partial charge on any atom is -0.391 e. The van der Waals surface area contributed by atoms with E-state index < -0.39 is 4.92 Å². The molecule has 3 rings (SSSR count). The topological polar surface area (TPSA) is 86.9 Å². The number of aliphatic hydroxyl groups excluding tert-OH is 1. The summed E-state index contributed by atoms with van der Waals surface area (Å²) in [5.74, 6) is -0.248. The molecule has 0 saturated carbocycles. The number of nitrogens with zero attached hydrogens (tertiary/aromatic N) is 3. The Bertz CT molecular complexity index is 791. The van der Waals surface area contributed by atoms with Gasteiger partial charge < -0.3 is 14.9 Å². The maximum atomic E-state index is 12.7. The van der Waals surface area contributed by atoms with Gasteiger partial charge in [0, 0.05) is 37.8 Å². The van der Waals surface area contributed by atoms with Crippen LogP contribution in [0.1, 0.15) is 16.8 Å². The number of para-hydroxylation sites is 2. The van der Waals surface area contributed by atoms with Gasteiger partial charge in [-0.2, -0.15) is 0 Å². The predicted molar refractivity (Wildman–Crippen MR) is 95.1 cm³/mol. The van der Waals surface area contributed by atoms with E-state index >= 15 is 0 Å². The fraction of sp³-hybridized carbons (Fsp3) is 0.278. The van der Waals surface area contributed by atoms with Crippen molar-refractivity contribution in [1.82, 2.24) is 0 Å². The van der Waals surface area contributed by atoms with Gasteiger partial charge in [0.25, 0.3) is 11.6 Å². The molecule has 1 N–H and O–H groups in total. The largest absolute Gasteiger partial charge is 0.391 e. The van der Waals surface area contributed by atoms with Crippen LogP contribution in [0.2, 0.25) is 0 Å². The molecule has 0 aliphatic carbocycles. The molecule has 1 heterocycles. The van der Waals surface area contributed by atoms with Crippen molar-refractivity contribution in [3.8, 4) is 0 Å². The van der Waals surface area contributed by atoms with Gasteiger partial charge in [-0.1, -0.05) is 12.1 Å². The van der Waals surface area contributed by atoms with E-state index in [4.69, 9.17) is 0 Å². The lowest BCUT2D eigenvalue weighted by Crippen LogP contribution is -2.29. The monoisotopic (exact) mass is 341 g/mol. The lowest BCUT2D eigenvalue weighted by atomic mass is 10.1. The van der Waals surface area contributed by atoms with Crippen LogP contribution in [0.4, 0.5) is 17.1 Å². The fourth-order valence-corrected chi connectivity index (χ4v) is 3.00. The van der Waals surface area contributed by atoms with Crippen LogP contribution in [0.3, 0.4) is 0 Å². The first-order chi connectivity index (χ1) is 12.0. The molecule has 1 fully saturated rings. The minimum atomic E-state index is -0.494. The Morgan fingerprint density at radius 1 is 1.24 bits per heavy atom. The first-order valence-corrected chi connectivity index (χ1v) is 8.02. The van der Waals surface area contributed by atoms with E-state index in [1.54, 1.807) is 7.05 Å². The van der Waals surface area contributed by atoms with Crippen molar-refractivity contribution in [3.05, 3.63) is 64.2 Å². The number of anilines is 2. The molecule has 2 aromatic rings. The van der Waals surface area contributed by atoms with Gasteiger partial charge in [-0.25, -0.2) is 0 Å². The number of hydrogen-bond donors (Lipinski definition) is 1. The van der Waals surface area contributed by atoms with Gasteiger partial charge in [0.1, 0.15) is 0 Å². The van der Waals surface area contributed by atoms with Gasteiger partial charge in [-0.05, 0) is 30.7 Å².